The van der Waals surface area contributed by atoms with Crippen LogP contribution in [0.5, 0.6) is 5.75 Å². The number of nitrogens with zero attached hydrogens (tertiary/aromatic N) is 1. The van der Waals surface area contributed by atoms with Crippen LogP contribution in [-0.2, 0) is 24.8 Å². The van der Waals surface area contributed by atoms with Gasteiger partial charge in [-0.1, -0.05) is 18.2 Å². The lowest BCUT2D eigenvalue weighted by Gasteiger charge is -2.45. The Bertz CT molecular complexity index is 999. The molecular formula is C20H25NO8P2. The summed E-state index contributed by atoms with van der Waals surface area (Å²) < 4.78 is 34.5. The van der Waals surface area contributed by atoms with Crippen molar-refractivity contribution in [2.24, 2.45) is 0 Å². The fraction of sp³-hybridized carbons (Fsp3) is 0.300. The molecule has 2 aromatic rings. The molecule has 1 aromatic heterocycles. The molecule has 1 aliphatic rings. The van der Waals surface area contributed by atoms with Gasteiger partial charge in [-0.15, -0.1) is 0 Å². The van der Waals surface area contributed by atoms with Crippen molar-refractivity contribution < 1.29 is 38.0 Å². The Hall–Kier alpha value is -1.96. The molecule has 0 saturated carbocycles. The van der Waals surface area contributed by atoms with E-state index in [2.05, 4.69) is 17.9 Å². The maximum atomic E-state index is 13.0. The Morgan fingerprint density at radius 2 is 1.94 bits per heavy atom. The first-order chi connectivity index (χ1) is 14.4. The van der Waals surface area contributed by atoms with E-state index in [4.69, 9.17) is 18.5 Å². The molecule has 3 N–H and O–H groups in total. The van der Waals surface area contributed by atoms with Crippen LogP contribution in [-0.4, -0.2) is 37.4 Å². The van der Waals surface area contributed by atoms with Crippen LogP contribution >= 0.6 is 14.9 Å². The van der Waals surface area contributed by atoms with E-state index in [1.165, 1.54) is 24.5 Å². The first-order valence-corrected chi connectivity index (χ1v) is 12.8. The third-order valence-corrected chi connectivity index (χ3v) is 9.49. The highest BCUT2D eigenvalue weighted by molar-refractivity contribution is 7.78. The van der Waals surface area contributed by atoms with E-state index < -0.39 is 32.7 Å². The fourth-order valence-electron chi connectivity index (χ4n) is 2.91. The second-order valence-electron chi connectivity index (χ2n) is 7.29. The lowest BCUT2D eigenvalue weighted by molar-refractivity contribution is -0.0473. The number of rotatable bonds is 7. The van der Waals surface area contributed by atoms with Crippen LogP contribution < -0.4 is 4.74 Å². The van der Waals surface area contributed by atoms with E-state index >= 15 is 0 Å². The molecule has 0 radical (unpaired) electrons. The van der Waals surface area contributed by atoms with Gasteiger partial charge in [0.1, 0.15) is 5.75 Å². The van der Waals surface area contributed by atoms with Gasteiger partial charge in [0.05, 0.1) is 6.10 Å². The Morgan fingerprint density at radius 3 is 2.48 bits per heavy atom. The largest absolute Gasteiger partial charge is 0.463 e. The Morgan fingerprint density at radius 1 is 1.26 bits per heavy atom. The third kappa shape index (κ3) is 5.10. The number of aliphatic hydroxyl groups is 1. The molecule has 0 aliphatic carbocycles. The normalized spacial score (nSPS) is 30.7. The van der Waals surface area contributed by atoms with Gasteiger partial charge in [0, 0.05) is 24.4 Å². The predicted octanol–water partition coefficient (Wildman–Crippen LogP) is 3.75. The number of hydrogen-bond donors (Lipinski definition) is 3. The maximum Gasteiger partial charge on any atom is 0.371 e. The van der Waals surface area contributed by atoms with Gasteiger partial charge >= 0.3 is 7.60 Å². The topological polar surface area (TPSA) is 128 Å². The Kier molecular flexibility index (Phi) is 6.79. The summed E-state index contributed by atoms with van der Waals surface area (Å²) in [5, 5.41) is 8.36. The first kappa shape index (κ1) is 23.7. The zero-order chi connectivity index (χ0) is 22.9. The summed E-state index contributed by atoms with van der Waals surface area (Å²) in [5.74, 6) is 0.524. The van der Waals surface area contributed by atoms with Crippen LogP contribution in [0.15, 0.2) is 61.3 Å². The molecule has 1 saturated heterocycles. The van der Waals surface area contributed by atoms with Crippen LogP contribution in [0.3, 0.4) is 0 Å². The summed E-state index contributed by atoms with van der Waals surface area (Å²) in [5.41, 5.74) is 0.736. The van der Waals surface area contributed by atoms with Gasteiger partial charge in [0.15, 0.2) is 13.6 Å². The molecule has 1 aliphatic heterocycles. The van der Waals surface area contributed by atoms with E-state index in [9.17, 15) is 19.5 Å². The van der Waals surface area contributed by atoms with Gasteiger partial charge in [-0.25, -0.2) is 0 Å². The Labute approximate surface area is 180 Å². The summed E-state index contributed by atoms with van der Waals surface area (Å²) in [6.45, 7) is 7.33. The summed E-state index contributed by atoms with van der Waals surface area (Å²) in [6.07, 6.45) is 4.53. The van der Waals surface area contributed by atoms with Crippen LogP contribution in [0.1, 0.15) is 31.3 Å². The summed E-state index contributed by atoms with van der Waals surface area (Å²) in [4.78, 5) is 25.3. The number of pyridine rings is 1. The minimum atomic E-state index is -4.79. The molecule has 3 rings (SSSR count). The third-order valence-electron chi connectivity index (χ3n) is 4.44. The second kappa shape index (κ2) is 8.88. The van der Waals surface area contributed by atoms with Gasteiger partial charge in [-0.3, -0.25) is 18.6 Å². The minimum absolute atomic E-state index is 0.0985. The average Bonchev–Trinajstić information content (AvgIpc) is 2.66. The lowest BCUT2D eigenvalue weighted by Crippen LogP contribution is -2.38. The molecule has 1 fully saturated rings. The standard InChI is InChI=1S/C20H25NO8P2/c1-14(2)26-15(3)27-18-9-7-17(8-10-18)19-28-30(4,23)20(22,31(24,25)29-19)12-16-6-5-11-21-13-16/h5-11,13-14,19,22-23H,3-4,12H2,1-2H3,(H,24,25). The molecule has 2 heterocycles. The SMILES string of the molecule is C=C(Oc1ccc(C2OP(=C)(O)C(O)(Cc3cccnc3)P(=O)(O)O2)cc1)OC(C)C. The molecule has 11 heteroatoms. The monoisotopic (exact) mass is 469 g/mol. The van der Waals surface area contributed by atoms with Gasteiger partial charge in [-0.2, -0.15) is 0 Å². The van der Waals surface area contributed by atoms with Gasteiger partial charge < -0.3 is 24.4 Å². The van der Waals surface area contributed by atoms with Crippen molar-refractivity contribution in [2.45, 2.75) is 37.7 Å². The van der Waals surface area contributed by atoms with Crippen molar-refractivity contribution in [1.29, 1.82) is 0 Å². The van der Waals surface area contributed by atoms with Gasteiger partial charge in [-0.05, 0) is 50.5 Å². The highest BCUT2D eigenvalue weighted by Crippen LogP contribution is 2.78. The maximum absolute atomic E-state index is 13.0. The van der Waals surface area contributed by atoms with Crippen LogP contribution in [0.2, 0.25) is 0 Å². The van der Waals surface area contributed by atoms with E-state index in [1.807, 2.05) is 13.8 Å². The number of hydrogen-bond acceptors (Lipinski definition) is 8. The minimum Gasteiger partial charge on any atom is -0.463 e. The van der Waals surface area contributed by atoms with E-state index in [0.29, 0.717) is 16.9 Å². The van der Waals surface area contributed by atoms with Crippen molar-refractivity contribution >= 4 is 21.2 Å². The molecule has 0 bridgehead atoms. The highest BCUT2D eigenvalue weighted by atomic mass is 31.2. The van der Waals surface area contributed by atoms with Gasteiger partial charge in [0.25, 0.3) is 5.95 Å². The molecule has 0 spiro atoms. The molecule has 168 valence electrons. The Balaban J connectivity index is 1.79. The predicted molar refractivity (Wildman–Crippen MR) is 116 cm³/mol. The first-order valence-electron chi connectivity index (χ1n) is 9.34. The second-order valence-corrected chi connectivity index (χ2v) is 12.0. The average molecular weight is 469 g/mol. The van der Waals surface area contributed by atoms with Crippen molar-refractivity contribution in [3.05, 3.63) is 72.4 Å². The van der Waals surface area contributed by atoms with Crippen LogP contribution in [0.4, 0.5) is 0 Å². The van der Waals surface area contributed by atoms with Crippen molar-refractivity contribution in [2.75, 3.05) is 0 Å². The fourth-order valence-corrected chi connectivity index (χ4v) is 6.89. The molecule has 31 heavy (non-hydrogen) atoms. The quantitative estimate of drug-likeness (QED) is 0.410. The summed E-state index contributed by atoms with van der Waals surface area (Å²) in [7, 11) is -8.84. The zero-order valence-electron chi connectivity index (χ0n) is 17.1. The molecule has 9 nitrogen and oxygen atoms in total. The summed E-state index contributed by atoms with van der Waals surface area (Å²) in [6, 6.07) is 9.33. The molecular weight excluding hydrogens is 444 g/mol. The summed E-state index contributed by atoms with van der Waals surface area (Å²) >= 11 is 0. The van der Waals surface area contributed by atoms with Crippen molar-refractivity contribution in [3.63, 3.8) is 0 Å². The van der Waals surface area contributed by atoms with Crippen molar-refractivity contribution in [1.82, 2.24) is 4.98 Å². The number of benzene rings is 1. The van der Waals surface area contributed by atoms with E-state index in [0.717, 1.165) is 0 Å². The van der Waals surface area contributed by atoms with Crippen LogP contribution in [0, 0.1) is 0 Å². The zero-order valence-corrected chi connectivity index (χ0v) is 18.9. The molecule has 4 unspecified atom stereocenters. The molecule has 4 atom stereocenters. The number of aromatic nitrogens is 1. The molecule has 1 aromatic carbocycles. The smallest absolute Gasteiger partial charge is 0.371 e. The highest BCUT2D eigenvalue weighted by Gasteiger charge is 2.62. The van der Waals surface area contributed by atoms with Crippen molar-refractivity contribution in [3.8, 4) is 5.75 Å². The van der Waals surface area contributed by atoms with E-state index in [1.54, 1.807) is 24.3 Å². The lowest BCUT2D eigenvalue weighted by atomic mass is 10.2. The van der Waals surface area contributed by atoms with Crippen LogP contribution in [0.25, 0.3) is 0 Å². The van der Waals surface area contributed by atoms with E-state index in [-0.39, 0.29) is 12.0 Å². The number of ether oxygens (including phenoxy) is 2. The van der Waals surface area contributed by atoms with Gasteiger partial charge in [0.2, 0.25) is 5.08 Å². The molecule has 0 amide bonds.